The lowest BCUT2D eigenvalue weighted by Crippen LogP contribution is -2.49. The fraction of sp³-hybridized carbons (Fsp3) is 0.857. The lowest BCUT2D eigenvalue weighted by Gasteiger charge is -2.33. The third-order valence-corrected chi connectivity index (χ3v) is 4.34. The summed E-state index contributed by atoms with van der Waals surface area (Å²) in [4.78, 5) is 27.3. The molecule has 0 radical (unpaired) electrons. The molecule has 2 unspecified atom stereocenters. The van der Waals surface area contributed by atoms with Crippen LogP contribution in [0.4, 0.5) is 4.79 Å². The second-order valence-corrected chi connectivity index (χ2v) is 6.14. The van der Waals surface area contributed by atoms with Crippen molar-refractivity contribution in [2.24, 2.45) is 11.8 Å². The Bertz CT molecular complexity index is 366. The highest BCUT2D eigenvalue weighted by molar-refractivity contribution is 5.78. The summed E-state index contributed by atoms with van der Waals surface area (Å²) in [5.74, 6) is -0.556. The van der Waals surface area contributed by atoms with E-state index < -0.39 is 11.9 Å². The van der Waals surface area contributed by atoms with Crippen LogP contribution in [0.3, 0.4) is 0 Å². The van der Waals surface area contributed by atoms with Crippen LogP contribution in [0.25, 0.3) is 0 Å². The van der Waals surface area contributed by atoms with Crippen LogP contribution in [0.2, 0.25) is 0 Å². The number of hydrogen-bond acceptors (Lipinski definition) is 2. The first-order valence-corrected chi connectivity index (χ1v) is 7.21. The molecule has 0 aromatic heterocycles. The van der Waals surface area contributed by atoms with Crippen LogP contribution < -0.4 is 0 Å². The number of nitrogens with zero attached hydrogens (tertiary/aromatic N) is 2. The van der Waals surface area contributed by atoms with Gasteiger partial charge in [-0.25, -0.2) is 4.79 Å². The summed E-state index contributed by atoms with van der Waals surface area (Å²) in [6, 6.07) is -0.0206. The second-order valence-electron chi connectivity index (χ2n) is 6.14. The maximum absolute atomic E-state index is 12.6. The normalized spacial score (nSPS) is 26.8. The number of carboxylic acids is 1. The molecule has 2 amide bonds. The highest BCUT2D eigenvalue weighted by atomic mass is 16.4. The van der Waals surface area contributed by atoms with Gasteiger partial charge >= 0.3 is 12.0 Å². The average Bonchev–Trinajstić information content (AvgIpc) is 3.06. The number of aliphatic carboxylic acids is 1. The summed E-state index contributed by atoms with van der Waals surface area (Å²) >= 11 is 0. The van der Waals surface area contributed by atoms with Crippen molar-refractivity contribution in [3.8, 4) is 0 Å². The molecule has 1 N–H and O–H groups in total. The highest BCUT2D eigenvalue weighted by Gasteiger charge is 2.40. The van der Waals surface area contributed by atoms with Gasteiger partial charge in [-0.05, 0) is 46.0 Å². The molecule has 108 valence electrons. The van der Waals surface area contributed by atoms with Crippen LogP contribution in [0, 0.1) is 11.8 Å². The fourth-order valence-electron chi connectivity index (χ4n) is 2.79. The minimum Gasteiger partial charge on any atom is -0.481 e. The number of rotatable bonds is 4. The van der Waals surface area contributed by atoms with Gasteiger partial charge in [0.1, 0.15) is 0 Å². The molecular weight excluding hydrogens is 244 g/mol. The van der Waals surface area contributed by atoms with E-state index in [2.05, 4.69) is 0 Å². The molecule has 1 aliphatic carbocycles. The first-order chi connectivity index (χ1) is 8.91. The van der Waals surface area contributed by atoms with Gasteiger partial charge in [-0.15, -0.1) is 0 Å². The van der Waals surface area contributed by atoms with Gasteiger partial charge in [-0.2, -0.15) is 0 Å². The number of urea groups is 1. The number of amides is 2. The molecule has 1 heterocycles. The summed E-state index contributed by atoms with van der Waals surface area (Å²) in [5.41, 5.74) is 0. The number of carbonyl (C=O) groups excluding carboxylic acids is 1. The zero-order valence-electron chi connectivity index (χ0n) is 12.0. The summed E-state index contributed by atoms with van der Waals surface area (Å²) in [7, 11) is 0. The van der Waals surface area contributed by atoms with Gasteiger partial charge < -0.3 is 14.9 Å². The van der Waals surface area contributed by atoms with Crippen molar-refractivity contribution in [2.75, 3.05) is 13.1 Å². The zero-order valence-corrected chi connectivity index (χ0v) is 12.0. The zero-order chi connectivity index (χ0) is 14.2. The molecule has 1 saturated heterocycles. The summed E-state index contributed by atoms with van der Waals surface area (Å²) in [6.07, 6.45) is 2.99. The van der Waals surface area contributed by atoms with Gasteiger partial charge in [0.05, 0.1) is 5.92 Å². The molecule has 5 heteroatoms. The standard InChI is InChI=1S/C14H24N2O3/c1-9(2)16(8-11-4-5-11)14(19)15-7-6-12(10(15)3)13(17)18/h9-12H,4-8H2,1-3H3,(H,17,18). The van der Waals surface area contributed by atoms with Gasteiger partial charge in [0.25, 0.3) is 0 Å². The summed E-state index contributed by atoms with van der Waals surface area (Å²) < 4.78 is 0. The van der Waals surface area contributed by atoms with E-state index in [1.165, 1.54) is 12.8 Å². The molecule has 0 aromatic carbocycles. The second kappa shape index (κ2) is 5.39. The molecule has 0 aromatic rings. The first kappa shape index (κ1) is 14.2. The van der Waals surface area contributed by atoms with Crippen LogP contribution in [-0.4, -0.2) is 52.1 Å². The highest BCUT2D eigenvalue weighted by Crippen LogP contribution is 2.32. The molecule has 2 rings (SSSR count). The maximum atomic E-state index is 12.6. The monoisotopic (exact) mass is 268 g/mol. The molecule has 5 nitrogen and oxygen atoms in total. The van der Waals surface area contributed by atoms with Crippen LogP contribution in [0.15, 0.2) is 0 Å². The maximum Gasteiger partial charge on any atom is 0.320 e. The van der Waals surface area contributed by atoms with E-state index in [0.29, 0.717) is 18.9 Å². The number of carboxylic acid groups (broad SMARTS) is 1. The lowest BCUT2D eigenvalue weighted by molar-refractivity contribution is -0.142. The van der Waals surface area contributed by atoms with Gasteiger partial charge in [0.15, 0.2) is 0 Å². The number of carbonyl (C=O) groups is 2. The Hall–Kier alpha value is -1.26. The van der Waals surface area contributed by atoms with Crippen molar-refractivity contribution < 1.29 is 14.7 Å². The molecule has 2 atom stereocenters. The van der Waals surface area contributed by atoms with E-state index in [9.17, 15) is 9.59 Å². The van der Waals surface area contributed by atoms with Crippen molar-refractivity contribution in [2.45, 2.75) is 52.1 Å². The van der Waals surface area contributed by atoms with E-state index >= 15 is 0 Å². The van der Waals surface area contributed by atoms with Crippen LogP contribution in [0.1, 0.15) is 40.0 Å². The smallest absolute Gasteiger partial charge is 0.320 e. The Morgan fingerprint density at radius 3 is 2.37 bits per heavy atom. The van der Waals surface area contributed by atoms with Crippen molar-refractivity contribution in [3.63, 3.8) is 0 Å². The Kier molecular flexibility index (Phi) is 4.02. The Balaban J connectivity index is 2.02. The SMILES string of the molecule is CC(C)N(CC1CC1)C(=O)N1CCC(C(=O)O)C1C. The largest absolute Gasteiger partial charge is 0.481 e. The lowest BCUT2D eigenvalue weighted by atomic mass is 10.0. The quantitative estimate of drug-likeness (QED) is 0.848. The van der Waals surface area contributed by atoms with Gasteiger partial charge in [-0.1, -0.05) is 0 Å². The topological polar surface area (TPSA) is 60.9 Å². The van der Waals surface area contributed by atoms with E-state index in [4.69, 9.17) is 5.11 Å². The van der Waals surface area contributed by atoms with Crippen molar-refractivity contribution in [3.05, 3.63) is 0 Å². The van der Waals surface area contributed by atoms with Gasteiger partial charge in [0.2, 0.25) is 0 Å². The van der Waals surface area contributed by atoms with Gasteiger partial charge in [0, 0.05) is 25.2 Å². The van der Waals surface area contributed by atoms with E-state index in [-0.39, 0.29) is 18.1 Å². The first-order valence-electron chi connectivity index (χ1n) is 7.21. The molecule has 0 spiro atoms. The fourth-order valence-corrected chi connectivity index (χ4v) is 2.79. The van der Waals surface area contributed by atoms with Crippen LogP contribution >= 0.6 is 0 Å². The molecule has 0 bridgehead atoms. The number of likely N-dealkylation sites (tertiary alicyclic amines) is 1. The van der Waals surface area contributed by atoms with Crippen LogP contribution in [-0.2, 0) is 4.79 Å². The van der Waals surface area contributed by atoms with E-state index in [1.54, 1.807) is 4.90 Å². The van der Waals surface area contributed by atoms with Crippen molar-refractivity contribution in [1.82, 2.24) is 9.80 Å². The summed E-state index contributed by atoms with van der Waals surface area (Å²) in [6.45, 7) is 7.27. The van der Waals surface area contributed by atoms with E-state index in [1.807, 2.05) is 25.7 Å². The predicted molar refractivity (Wildman–Crippen MR) is 71.9 cm³/mol. The minimum absolute atomic E-state index is 0.0122. The molecular formula is C14H24N2O3. The Morgan fingerprint density at radius 2 is 1.95 bits per heavy atom. The van der Waals surface area contributed by atoms with Crippen molar-refractivity contribution in [1.29, 1.82) is 0 Å². The Labute approximate surface area is 114 Å². The van der Waals surface area contributed by atoms with Crippen LogP contribution in [0.5, 0.6) is 0 Å². The third kappa shape index (κ3) is 3.01. The molecule has 1 aliphatic heterocycles. The average molecular weight is 268 g/mol. The third-order valence-electron chi connectivity index (χ3n) is 4.34. The van der Waals surface area contributed by atoms with E-state index in [0.717, 1.165) is 6.54 Å². The predicted octanol–water partition coefficient (Wildman–Crippen LogP) is 2.02. The number of hydrogen-bond donors (Lipinski definition) is 1. The minimum atomic E-state index is -0.791. The summed E-state index contributed by atoms with van der Waals surface area (Å²) in [5, 5.41) is 9.13. The van der Waals surface area contributed by atoms with Gasteiger partial charge in [-0.3, -0.25) is 4.79 Å². The molecule has 19 heavy (non-hydrogen) atoms. The molecule has 2 aliphatic rings. The molecule has 1 saturated carbocycles. The van der Waals surface area contributed by atoms with Crippen molar-refractivity contribution >= 4 is 12.0 Å². The Morgan fingerprint density at radius 1 is 1.32 bits per heavy atom. The molecule has 2 fully saturated rings.